The van der Waals surface area contributed by atoms with Gasteiger partial charge in [-0.1, -0.05) is 5.57 Å². The van der Waals surface area contributed by atoms with Crippen LogP contribution >= 0.6 is 0 Å². The molecule has 4 heteroatoms. The highest BCUT2D eigenvalue weighted by molar-refractivity contribution is 5.92. The zero-order valence-corrected chi connectivity index (χ0v) is 10.7. The van der Waals surface area contributed by atoms with Crippen molar-refractivity contribution in [2.45, 2.75) is 52.2 Å². The molecular weight excluding hydrogens is 220 g/mol. The zero-order chi connectivity index (χ0) is 12.8. The molecule has 0 amide bonds. The Labute approximate surface area is 102 Å². The topological polar surface area (TPSA) is 52.6 Å². The molecule has 96 valence electrons. The number of hydrogen-bond donors (Lipinski definition) is 0. The Bertz CT molecular complexity index is 307. The van der Waals surface area contributed by atoms with Gasteiger partial charge in [-0.3, -0.25) is 0 Å². The van der Waals surface area contributed by atoms with Crippen LogP contribution in [-0.4, -0.2) is 31.1 Å². The van der Waals surface area contributed by atoms with Gasteiger partial charge in [-0.15, -0.1) is 0 Å². The van der Waals surface area contributed by atoms with Crippen LogP contribution in [0.4, 0.5) is 0 Å². The summed E-state index contributed by atoms with van der Waals surface area (Å²) in [5.41, 5.74) is 1.52. The highest BCUT2D eigenvalue weighted by Crippen LogP contribution is 2.28. The Morgan fingerprint density at radius 1 is 1.41 bits per heavy atom. The molecule has 1 aliphatic heterocycles. The van der Waals surface area contributed by atoms with Crippen molar-refractivity contribution in [2.75, 3.05) is 6.61 Å². The molecule has 1 heterocycles. The van der Waals surface area contributed by atoms with Gasteiger partial charge in [0.25, 0.3) is 0 Å². The summed E-state index contributed by atoms with van der Waals surface area (Å²) in [4.78, 5) is 22.4. The molecule has 1 saturated heterocycles. The molecule has 4 nitrogen and oxygen atoms in total. The van der Waals surface area contributed by atoms with E-state index in [0.717, 1.165) is 11.9 Å². The second-order valence-corrected chi connectivity index (χ2v) is 4.34. The summed E-state index contributed by atoms with van der Waals surface area (Å²) >= 11 is 0. The fourth-order valence-corrected chi connectivity index (χ4v) is 2.19. The molecule has 0 unspecified atom stereocenters. The average Bonchev–Trinajstić information content (AvgIpc) is 2.24. The molecule has 0 bridgehead atoms. The Morgan fingerprint density at radius 3 is 2.47 bits per heavy atom. The molecule has 1 aliphatic rings. The van der Waals surface area contributed by atoms with Gasteiger partial charge < -0.3 is 14.3 Å². The van der Waals surface area contributed by atoms with E-state index >= 15 is 0 Å². The minimum Gasteiger partial charge on any atom is -0.463 e. The fourth-order valence-electron chi connectivity index (χ4n) is 2.19. The van der Waals surface area contributed by atoms with Crippen molar-refractivity contribution >= 4 is 12.3 Å². The first-order valence-corrected chi connectivity index (χ1v) is 6.05. The summed E-state index contributed by atoms with van der Waals surface area (Å²) in [6, 6.07) is 0. The van der Waals surface area contributed by atoms with Crippen LogP contribution < -0.4 is 0 Å². The molecule has 0 spiro atoms. The highest BCUT2D eigenvalue weighted by atomic mass is 16.5. The van der Waals surface area contributed by atoms with Gasteiger partial charge in [-0.2, -0.15) is 0 Å². The molecule has 0 aromatic rings. The smallest absolute Gasteiger partial charge is 0.334 e. The number of carbonyl (C=O) groups excluding carboxylic acids is 2. The van der Waals surface area contributed by atoms with Crippen molar-refractivity contribution in [1.29, 1.82) is 0 Å². The van der Waals surface area contributed by atoms with E-state index in [-0.39, 0.29) is 24.6 Å². The molecule has 1 rings (SSSR count). The van der Waals surface area contributed by atoms with Crippen molar-refractivity contribution in [1.82, 2.24) is 0 Å². The first-order chi connectivity index (χ1) is 8.08. The minimum atomic E-state index is -0.365. The van der Waals surface area contributed by atoms with Crippen LogP contribution in [-0.2, 0) is 19.1 Å². The maximum absolute atomic E-state index is 11.8. The van der Waals surface area contributed by atoms with E-state index in [1.54, 1.807) is 6.92 Å². The van der Waals surface area contributed by atoms with Crippen LogP contribution in [0.5, 0.6) is 0 Å². The standard InChI is InChI=1S/C13H20O4/c1-4-16-13(15)12(5-6-14)11-7-9(2)17-10(3)8-11/h6,9-10H,4-5,7-8H2,1-3H3/t9-,10-/m1/s1. The van der Waals surface area contributed by atoms with E-state index in [9.17, 15) is 9.59 Å². The number of ether oxygens (including phenoxy) is 2. The van der Waals surface area contributed by atoms with E-state index < -0.39 is 0 Å². The van der Waals surface area contributed by atoms with Gasteiger partial charge in [-0.05, 0) is 33.6 Å². The van der Waals surface area contributed by atoms with E-state index in [2.05, 4.69) is 0 Å². The van der Waals surface area contributed by atoms with E-state index in [1.165, 1.54) is 0 Å². The van der Waals surface area contributed by atoms with Gasteiger partial charge in [0.2, 0.25) is 0 Å². The lowest BCUT2D eigenvalue weighted by molar-refractivity contribution is -0.139. The Balaban J connectivity index is 2.92. The summed E-state index contributed by atoms with van der Waals surface area (Å²) in [5.74, 6) is -0.365. The quantitative estimate of drug-likeness (QED) is 0.428. The second kappa shape index (κ2) is 6.55. The summed E-state index contributed by atoms with van der Waals surface area (Å²) in [5, 5.41) is 0. The van der Waals surface area contributed by atoms with Gasteiger partial charge in [0.05, 0.1) is 18.8 Å². The summed E-state index contributed by atoms with van der Waals surface area (Å²) in [6.45, 7) is 6.03. The molecule has 17 heavy (non-hydrogen) atoms. The Kier molecular flexibility index (Phi) is 5.35. The second-order valence-electron chi connectivity index (χ2n) is 4.34. The van der Waals surface area contributed by atoms with Crippen LogP contribution in [0.25, 0.3) is 0 Å². The molecule has 0 aromatic carbocycles. The lowest BCUT2D eigenvalue weighted by atomic mass is 9.93. The molecule has 0 aliphatic carbocycles. The van der Waals surface area contributed by atoms with Crippen molar-refractivity contribution in [3.63, 3.8) is 0 Å². The fraction of sp³-hybridized carbons (Fsp3) is 0.692. The summed E-state index contributed by atoms with van der Waals surface area (Å²) < 4.78 is 10.6. The lowest BCUT2D eigenvalue weighted by Crippen LogP contribution is -2.26. The molecule has 0 saturated carbocycles. The number of esters is 1. The van der Waals surface area contributed by atoms with Gasteiger partial charge in [0, 0.05) is 12.0 Å². The van der Waals surface area contributed by atoms with Gasteiger partial charge in [0.15, 0.2) is 0 Å². The van der Waals surface area contributed by atoms with Crippen molar-refractivity contribution < 1.29 is 19.1 Å². The molecule has 1 fully saturated rings. The summed E-state index contributed by atoms with van der Waals surface area (Å²) in [7, 11) is 0. The third-order valence-electron chi connectivity index (χ3n) is 2.77. The molecule has 0 N–H and O–H groups in total. The van der Waals surface area contributed by atoms with Gasteiger partial charge >= 0.3 is 5.97 Å². The van der Waals surface area contributed by atoms with Crippen molar-refractivity contribution in [3.8, 4) is 0 Å². The number of hydrogen-bond acceptors (Lipinski definition) is 4. The van der Waals surface area contributed by atoms with Gasteiger partial charge in [-0.25, -0.2) is 4.79 Å². The highest BCUT2D eigenvalue weighted by Gasteiger charge is 2.25. The van der Waals surface area contributed by atoms with Crippen LogP contribution in [0, 0.1) is 0 Å². The normalized spacial score (nSPS) is 24.3. The Morgan fingerprint density at radius 2 is 2.00 bits per heavy atom. The Hall–Kier alpha value is -1.16. The van der Waals surface area contributed by atoms with Crippen molar-refractivity contribution in [3.05, 3.63) is 11.1 Å². The van der Waals surface area contributed by atoms with E-state index in [4.69, 9.17) is 9.47 Å². The van der Waals surface area contributed by atoms with E-state index in [1.807, 2.05) is 13.8 Å². The number of aldehydes is 1. The van der Waals surface area contributed by atoms with Crippen LogP contribution in [0.3, 0.4) is 0 Å². The third kappa shape index (κ3) is 3.97. The molecule has 0 aromatic heterocycles. The predicted molar refractivity (Wildman–Crippen MR) is 63.6 cm³/mol. The first kappa shape index (κ1) is 13.9. The SMILES string of the molecule is CCOC(=O)C(CC=O)=C1C[C@@H](C)O[C@H](C)C1. The number of rotatable bonds is 4. The van der Waals surface area contributed by atoms with Crippen molar-refractivity contribution in [2.24, 2.45) is 0 Å². The third-order valence-corrected chi connectivity index (χ3v) is 2.77. The monoisotopic (exact) mass is 240 g/mol. The van der Waals surface area contributed by atoms with E-state index in [0.29, 0.717) is 25.0 Å². The first-order valence-electron chi connectivity index (χ1n) is 6.05. The maximum Gasteiger partial charge on any atom is 0.334 e. The van der Waals surface area contributed by atoms with Crippen LogP contribution in [0.15, 0.2) is 11.1 Å². The molecular formula is C13H20O4. The maximum atomic E-state index is 11.8. The predicted octanol–water partition coefficient (Wildman–Crippen LogP) is 2.02. The minimum absolute atomic E-state index is 0.0878. The molecule has 0 radical (unpaired) electrons. The number of carbonyl (C=O) groups is 2. The van der Waals surface area contributed by atoms with Crippen LogP contribution in [0.2, 0.25) is 0 Å². The summed E-state index contributed by atoms with van der Waals surface area (Å²) in [6.07, 6.45) is 2.46. The average molecular weight is 240 g/mol. The van der Waals surface area contributed by atoms with Crippen LogP contribution in [0.1, 0.15) is 40.0 Å². The molecule has 2 atom stereocenters. The zero-order valence-electron chi connectivity index (χ0n) is 10.7. The lowest BCUT2D eigenvalue weighted by Gasteiger charge is -2.28. The largest absolute Gasteiger partial charge is 0.463 e. The van der Waals surface area contributed by atoms with Gasteiger partial charge in [0.1, 0.15) is 6.29 Å².